The molecule has 0 aromatic rings. The molecule has 0 radical (unpaired) electrons. The van der Waals surface area contributed by atoms with Crippen LogP contribution in [-0.4, -0.2) is 33.5 Å². The number of aliphatic hydroxyl groups excluding tert-OH is 1. The van der Waals surface area contributed by atoms with Crippen molar-refractivity contribution < 1.29 is 19.8 Å². The lowest BCUT2D eigenvalue weighted by molar-refractivity contribution is -0.166. The van der Waals surface area contributed by atoms with Crippen molar-refractivity contribution in [2.24, 2.45) is 28.6 Å². The lowest BCUT2D eigenvalue weighted by Crippen LogP contribution is -2.60. The molecule has 4 nitrogen and oxygen atoms in total. The van der Waals surface area contributed by atoms with Crippen LogP contribution in [0.25, 0.3) is 0 Å². The first-order valence-corrected chi connectivity index (χ1v) is 9.77. The zero-order valence-corrected chi connectivity index (χ0v) is 15.5. The molecule has 4 rings (SSSR count). The van der Waals surface area contributed by atoms with E-state index in [1.807, 2.05) is 6.92 Å². The number of carbonyl (C=O) groups is 2. The summed E-state index contributed by atoms with van der Waals surface area (Å²) in [6.07, 6.45) is 6.71. The molecule has 3 fully saturated rings. The van der Waals surface area contributed by atoms with E-state index in [1.54, 1.807) is 0 Å². The van der Waals surface area contributed by atoms with Gasteiger partial charge in [0, 0.05) is 17.8 Å². The molecule has 0 bridgehead atoms. The number of carbonyl (C=O) groups excluding carboxylic acids is 2. The third-order valence-corrected chi connectivity index (χ3v) is 8.50. The van der Waals surface area contributed by atoms with Crippen molar-refractivity contribution in [1.82, 2.24) is 0 Å². The molecule has 0 aliphatic heterocycles. The maximum atomic E-state index is 13.3. The van der Waals surface area contributed by atoms with Gasteiger partial charge in [-0.1, -0.05) is 25.5 Å². The average Bonchev–Trinajstić information content (AvgIpc) is 2.80. The summed E-state index contributed by atoms with van der Waals surface area (Å²) < 4.78 is 0. The monoisotopic (exact) mass is 346 g/mol. The van der Waals surface area contributed by atoms with E-state index in [4.69, 9.17) is 0 Å². The van der Waals surface area contributed by atoms with Gasteiger partial charge in [0.05, 0.1) is 6.10 Å². The summed E-state index contributed by atoms with van der Waals surface area (Å²) >= 11 is 0. The topological polar surface area (TPSA) is 74.6 Å². The first kappa shape index (κ1) is 17.4. The fourth-order valence-corrected chi connectivity index (χ4v) is 7.05. The van der Waals surface area contributed by atoms with Gasteiger partial charge in [-0.05, 0) is 62.7 Å². The van der Waals surface area contributed by atoms with Crippen LogP contribution < -0.4 is 0 Å². The first-order valence-electron chi connectivity index (χ1n) is 9.77. The van der Waals surface area contributed by atoms with Crippen molar-refractivity contribution in [2.75, 3.05) is 0 Å². The molecule has 0 heterocycles. The molecular weight excluding hydrogens is 316 g/mol. The largest absolute Gasteiger partial charge is 0.393 e. The molecule has 3 saturated carbocycles. The molecule has 7 atom stereocenters. The molecule has 0 saturated heterocycles. The van der Waals surface area contributed by atoms with E-state index >= 15 is 0 Å². The highest BCUT2D eigenvalue weighted by molar-refractivity contribution is 5.90. The third-order valence-electron chi connectivity index (χ3n) is 8.50. The Bertz CT molecular complexity index is 667. The Morgan fingerprint density at radius 3 is 2.64 bits per heavy atom. The zero-order valence-electron chi connectivity index (χ0n) is 15.5. The highest BCUT2D eigenvalue weighted by atomic mass is 16.3. The second-order valence-electron chi connectivity index (χ2n) is 9.54. The van der Waals surface area contributed by atoms with E-state index in [9.17, 15) is 19.8 Å². The maximum Gasteiger partial charge on any atom is 0.161 e. The standard InChI is InChI=1S/C21H30O4/c1-12(22)21(25)9-7-16-15-5-4-13-10-14(23)6-8-19(13,2)18(15)17(24)11-20(16,21)3/h4,14-16,18,23,25H,5-11H2,1-3H3/t14-,15+,16+,18-,19-,20-,21+/m0/s1. The van der Waals surface area contributed by atoms with E-state index in [0.717, 1.165) is 25.7 Å². The second kappa shape index (κ2) is 5.26. The van der Waals surface area contributed by atoms with Gasteiger partial charge in [0.2, 0.25) is 0 Å². The predicted octanol–water partition coefficient (Wildman–Crippen LogP) is 2.81. The van der Waals surface area contributed by atoms with Gasteiger partial charge in [-0.3, -0.25) is 9.59 Å². The van der Waals surface area contributed by atoms with Crippen molar-refractivity contribution in [3.8, 4) is 0 Å². The highest BCUT2D eigenvalue weighted by Crippen LogP contribution is 2.66. The van der Waals surface area contributed by atoms with Gasteiger partial charge in [-0.25, -0.2) is 0 Å². The SMILES string of the molecule is CC(=O)[C@]1(O)CC[C@@H]2[C@H]3CC=C4C[C@@H](O)CC[C@]4(C)[C@@H]3C(=O)C[C@@]21C. The molecule has 138 valence electrons. The van der Waals surface area contributed by atoms with E-state index in [1.165, 1.54) is 12.5 Å². The van der Waals surface area contributed by atoms with Crippen molar-refractivity contribution in [2.45, 2.75) is 77.4 Å². The Labute approximate surface area is 149 Å². The van der Waals surface area contributed by atoms with Crippen molar-refractivity contribution in [3.63, 3.8) is 0 Å². The molecule has 0 spiro atoms. The van der Waals surface area contributed by atoms with Crippen LogP contribution in [0.1, 0.15) is 65.7 Å². The highest BCUT2D eigenvalue weighted by Gasteiger charge is 2.67. The minimum atomic E-state index is -1.36. The lowest BCUT2D eigenvalue weighted by atomic mass is 9.46. The summed E-state index contributed by atoms with van der Waals surface area (Å²) in [6, 6.07) is 0. The van der Waals surface area contributed by atoms with Crippen LogP contribution in [0.4, 0.5) is 0 Å². The predicted molar refractivity (Wildman–Crippen MR) is 93.7 cm³/mol. The number of fused-ring (bicyclic) bond motifs is 5. The molecule has 25 heavy (non-hydrogen) atoms. The van der Waals surface area contributed by atoms with Gasteiger partial charge in [0.25, 0.3) is 0 Å². The van der Waals surface area contributed by atoms with Gasteiger partial charge in [-0.2, -0.15) is 0 Å². The number of aliphatic hydroxyl groups is 2. The van der Waals surface area contributed by atoms with E-state index < -0.39 is 11.0 Å². The van der Waals surface area contributed by atoms with Crippen LogP contribution in [0.5, 0.6) is 0 Å². The molecule has 2 N–H and O–H groups in total. The Morgan fingerprint density at radius 1 is 1.24 bits per heavy atom. The lowest BCUT2D eigenvalue weighted by Gasteiger charge is -2.57. The molecule has 4 aliphatic rings. The van der Waals surface area contributed by atoms with Gasteiger partial charge in [-0.15, -0.1) is 0 Å². The summed E-state index contributed by atoms with van der Waals surface area (Å²) in [5.74, 6) is 0.430. The number of allylic oxidation sites excluding steroid dienone is 1. The maximum absolute atomic E-state index is 13.3. The number of hydrogen-bond acceptors (Lipinski definition) is 4. The second-order valence-corrected chi connectivity index (χ2v) is 9.54. The van der Waals surface area contributed by atoms with E-state index in [2.05, 4.69) is 13.0 Å². The summed E-state index contributed by atoms with van der Waals surface area (Å²) in [4.78, 5) is 25.5. The Hall–Kier alpha value is -1.00. The quantitative estimate of drug-likeness (QED) is 0.716. The average molecular weight is 346 g/mol. The Morgan fingerprint density at radius 2 is 1.96 bits per heavy atom. The van der Waals surface area contributed by atoms with Gasteiger partial charge in [0.15, 0.2) is 5.78 Å². The summed E-state index contributed by atoms with van der Waals surface area (Å²) in [7, 11) is 0. The third kappa shape index (κ3) is 2.07. The Balaban J connectivity index is 1.76. The minimum absolute atomic E-state index is 0.0209. The van der Waals surface area contributed by atoms with Gasteiger partial charge in [0.1, 0.15) is 11.4 Å². The van der Waals surface area contributed by atoms with Crippen LogP contribution in [0, 0.1) is 28.6 Å². The number of rotatable bonds is 1. The number of ketones is 2. The molecule has 0 unspecified atom stereocenters. The number of Topliss-reactive ketones (excluding diaryl/α,β-unsaturated/α-hetero) is 2. The van der Waals surface area contributed by atoms with Gasteiger partial charge < -0.3 is 10.2 Å². The molecule has 4 aliphatic carbocycles. The Kier molecular flexibility index (Phi) is 3.66. The summed E-state index contributed by atoms with van der Waals surface area (Å²) in [5, 5.41) is 21.2. The summed E-state index contributed by atoms with van der Waals surface area (Å²) in [6.45, 7) is 5.63. The van der Waals surface area contributed by atoms with Crippen LogP contribution in [-0.2, 0) is 9.59 Å². The number of hydrogen-bond donors (Lipinski definition) is 2. The summed E-state index contributed by atoms with van der Waals surface area (Å²) in [5.41, 5.74) is -0.888. The first-order chi connectivity index (χ1) is 11.6. The fourth-order valence-electron chi connectivity index (χ4n) is 7.05. The van der Waals surface area contributed by atoms with E-state index in [-0.39, 0.29) is 40.8 Å². The zero-order chi connectivity index (χ0) is 18.2. The molecule has 0 aromatic carbocycles. The fraction of sp³-hybridized carbons (Fsp3) is 0.810. The van der Waals surface area contributed by atoms with Crippen LogP contribution in [0.3, 0.4) is 0 Å². The molecule has 4 heteroatoms. The van der Waals surface area contributed by atoms with Crippen LogP contribution in [0.15, 0.2) is 11.6 Å². The van der Waals surface area contributed by atoms with Crippen molar-refractivity contribution >= 4 is 11.6 Å². The minimum Gasteiger partial charge on any atom is -0.393 e. The van der Waals surface area contributed by atoms with Crippen molar-refractivity contribution in [1.29, 1.82) is 0 Å². The van der Waals surface area contributed by atoms with Crippen molar-refractivity contribution in [3.05, 3.63) is 11.6 Å². The van der Waals surface area contributed by atoms with Crippen LogP contribution in [0.2, 0.25) is 0 Å². The van der Waals surface area contributed by atoms with Crippen LogP contribution >= 0.6 is 0 Å². The molecular formula is C21H30O4. The normalized spacial score (nSPS) is 52.0. The smallest absolute Gasteiger partial charge is 0.161 e. The molecule has 0 amide bonds. The van der Waals surface area contributed by atoms with Gasteiger partial charge >= 0.3 is 0 Å². The molecule has 0 aromatic heterocycles. The van der Waals surface area contributed by atoms with E-state index in [0.29, 0.717) is 19.3 Å².